The molecule has 1 aliphatic rings. The number of hydrogen-bond acceptors (Lipinski definition) is 2. The first-order chi connectivity index (χ1) is 7.19. The highest BCUT2D eigenvalue weighted by Crippen LogP contribution is 2.72. The number of hydrogen-bond donors (Lipinski definition) is 1. The molecule has 0 aliphatic heterocycles. The van der Waals surface area contributed by atoms with Crippen molar-refractivity contribution in [3.63, 3.8) is 0 Å². The Kier molecular flexibility index (Phi) is 2.81. The van der Waals surface area contributed by atoms with Gasteiger partial charge in [0, 0.05) is 10.9 Å². The lowest BCUT2D eigenvalue weighted by Crippen LogP contribution is -2.15. The molecule has 16 heavy (non-hydrogen) atoms. The Morgan fingerprint density at radius 2 is 1.81 bits per heavy atom. The van der Waals surface area contributed by atoms with Crippen molar-refractivity contribution in [2.24, 2.45) is 22.5 Å². The smallest absolute Gasteiger partial charge is 0.0731 e. The number of aryl methyl sites for hydroxylation is 1. The lowest BCUT2D eigenvalue weighted by Gasteiger charge is -2.11. The fourth-order valence-corrected chi connectivity index (χ4v) is 4.57. The normalized spacial score (nSPS) is 24.4. The predicted molar refractivity (Wildman–Crippen MR) is 74.7 cm³/mol. The summed E-state index contributed by atoms with van der Waals surface area (Å²) in [6.45, 7) is 11.4. The number of halogens is 1. The quantitative estimate of drug-likeness (QED) is 0.855. The molecule has 0 bridgehead atoms. The van der Waals surface area contributed by atoms with Gasteiger partial charge in [0.25, 0.3) is 0 Å². The summed E-state index contributed by atoms with van der Waals surface area (Å²) in [5.41, 5.74) is 8.44. The average molecular weight is 302 g/mol. The standard InChI is InChI=1S/C13H20BrNS/c1-7-6-8(16-11(7)14)9(15)10-12(2,3)13(10,4)5/h6,9-10H,15H2,1-5H3. The summed E-state index contributed by atoms with van der Waals surface area (Å²) in [6.07, 6.45) is 0. The summed E-state index contributed by atoms with van der Waals surface area (Å²) in [5, 5.41) is 0. The summed E-state index contributed by atoms with van der Waals surface area (Å²) < 4.78 is 1.22. The molecule has 0 spiro atoms. The number of thiophene rings is 1. The first-order valence-corrected chi connectivity index (χ1v) is 7.32. The van der Waals surface area contributed by atoms with Crippen LogP contribution in [0, 0.1) is 23.7 Å². The SMILES string of the molecule is Cc1cc(C(N)C2C(C)(C)C2(C)C)sc1Br. The van der Waals surface area contributed by atoms with Crippen LogP contribution in [0.1, 0.15) is 44.2 Å². The summed E-state index contributed by atoms with van der Waals surface area (Å²) >= 11 is 5.36. The zero-order chi connectivity index (χ0) is 12.3. The summed E-state index contributed by atoms with van der Waals surface area (Å²) in [6, 6.07) is 2.41. The third-order valence-corrected chi connectivity index (χ3v) is 6.93. The van der Waals surface area contributed by atoms with E-state index in [0.29, 0.717) is 16.7 Å². The lowest BCUT2D eigenvalue weighted by molar-refractivity contribution is 0.457. The Balaban J connectivity index is 2.25. The van der Waals surface area contributed by atoms with Crippen LogP contribution in [0.15, 0.2) is 9.85 Å². The molecule has 1 aliphatic carbocycles. The first kappa shape index (κ1) is 12.6. The van der Waals surface area contributed by atoms with Crippen LogP contribution in [0.25, 0.3) is 0 Å². The van der Waals surface area contributed by atoms with E-state index in [0.717, 1.165) is 0 Å². The molecule has 2 N–H and O–H groups in total. The molecule has 1 saturated carbocycles. The van der Waals surface area contributed by atoms with E-state index < -0.39 is 0 Å². The summed E-state index contributed by atoms with van der Waals surface area (Å²) in [4.78, 5) is 1.31. The molecule has 0 radical (unpaired) electrons. The van der Waals surface area contributed by atoms with Gasteiger partial charge in [-0.05, 0) is 51.2 Å². The summed E-state index contributed by atoms with van der Waals surface area (Å²) in [5.74, 6) is 0.588. The Hall–Kier alpha value is 0.140. The second kappa shape index (κ2) is 3.56. The van der Waals surface area contributed by atoms with Gasteiger partial charge in [-0.1, -0.05) is 27.7 Å². The molecule has 1 aromatic heterocycles. The fraction of sp³-hybridized carbons (Fsp3) is 0.692. The van der Waals surface area contributed by atoms with E-state index in [4.69, 9.17) is 5.73 Å². The van der Waals surface area contributed by atoms with Crippen LogP contribution in [0.3, 0.4) is 0 Å². The zero-order valence-electron chi connectivity index (χ0n) is 10.6. The number of nitrogens with two attached hydrogens (primary N) is 1. The van der Waals surface area contributed by atoms with E-state index in [9.17, 15) is 0 Å². The zero-order valence-corrected chi connectivity index (χ0v) is 13.0. The maximum atomic E-state index is 6.42. The van der Waals surface area contributed by atoms with Crippen LogP contribution >= 0.6 is 27.3 Å². The Bertz CT molecular complexity index is 386. The third-order valence-electron chi connectivity index (χ3n) is 4.70. The molecule has 1 fully saturated rings. The third kappa shape index (κ3) is 1.59. The fourth-order valence-electron chi connectivity index (χ4n) is 2.96. The van der Waals surface area contributed by atoms with Crippen molar-refractivity contribution in [2.75, 3.05) is 0 Å². The molecule has 2 rings (SSSR count). The molecule has 0 aromatic carbocycles. The molecule has 1 unspecified atom stereocenters. The first-order valence-electron chi connectivity index (χ1n) is 5.71. The van der Waals surface area contributed by atoms with Gasteiger partial charge in [-0.25, -0.2) is 0 Å². The van der Waals surface area contributed by atoms with Crippen molar-refractivity contribution < 1.29 is 0 Å². The van der Waals surface area contributed by atoms with Crippen LogP contribution in [-0.4, -0.2) is 0 Å². The highest BCUT2D eigenvalue weighted by Gasteiger charge is 2.66. The Morgan fingerprint density at radius 3 is 2.12 bits per heavy atom. The van der Waals surface area contributed by atoms with Crippen molar-refractivity contribution in [3.05, 3.63) is 20.3 Å². The molecular weight excluding hydrogens is 282 g/mol. The maximum Gasteiger partial charge on any atom is 0.0731 e. The van der Waals surface area contributed by atoms with Gasteiger partial charge in [0.2, 0.25) is 0 Å². The van der Waals surface area contributed by atoms with Crippen LogP contribution < -0.4 is 5.73 Å². The minimum Gasteiger partial charge on any atom is -0.323 e. The highest BCUT2D eigenvalue weighted by atomic mass is 79.9. The van der Waals surface area contributed by atoms with Crippen LogP contribution in [-0.2, 0) is 0 Å². The van der Waals surface area contributed by atoms with Gasteiger partial charge >= 0.3 is 0 Å². The summed E-state index contributed by atoms with van der Waals surface area (Å²) in [7, 11) is 0. The van der Waals surface area contributed by atoms with Crippen molar-refractivity contribution in [1.82, 2.24) is 0 Å². The minimum atomic E-state index is 0.181. The number of rotatable bonds is 2. The molecule has 1 atom stereocenters. The van der Waals surface area contributed by atoms with Crippen molar-refractivity contribution >= 4 is 27.3 Å². The highest BCUT2D eigenvalue weighted by molar-refractivity contribution is 9.11. The van der Waals surface area contributed by atoms with Crippen molar-refractivity contribution in [1.29, 1.82) is 0 Å². The van der Waals surface area contributed by atoms with Crippen molar-refractivity contribution in [3.8, 4) is 0 Å². The molecule has 1 heterocycles. The van der Waals surface area contributed by atoms with Crippen LogP contribution in [0.5, 0.6) is 0 Å². The van der Waals surface area contributed by atoms with E-state index >= 15 is 0 Å². The van der Waals surface area contributed by atoms with Gasteiger partial charge in [-0.3, -0.25) is 0 Å². The lowest BCUT2D eigenvalue weighted by atomic mass is 10.0. The van der Waals surface area contributed by atoms with Gasteiger partial charge in [0.15, 0.2) is 0 Å². The van der Waals surface area contributed by atoms with Crippen LogP contribution in [0.4, 0.5) is 0 Å². The van der Waals surface area contributed by atoms with Gasteiger partial charge < -0.3 is 5.73 Å². The van der Waals surface area contributed by atoms with Crippen LogP contribution in [0.2, 0.25) is 0 Å². The molecule has 1 aromatic rings. The largest absolute Gasteiger partial charge is 0.323 e. The molecule has 0 saturated heterocycles. The van der Waals surface area contributed by atoms with Crippen molar-refractivity contribution in [2.45, 2.75) is 40.7 Å². The topological polar surface area (TPSA) is 26.0 Å². The monoisotopic (exact) mass is 301 g/mol. The molecule has 1 nitrogen and oxygen atoms in total. The maximum absolute atomic E-state index is 6.42. The second-order valence-electron chi connectivity index (χ2n) is 6.05. The second-order valence-corrected chi connectivity index (χ2v) is 8.45. The molecular formula is C13H20BrNS. The van der Waals surface area contributed by atoms with Gasteiger partial charge in [0.05, 0.1) is 3.79 Å². The van der Waals surface area contributed by atoms with E-state index in [1.807, 2.05) is 0 Å². The minimum absolute atomic E-state index is 0.181. The molecule has 0 amide bonds. The van der Waals surface area contributed by atoms with E-state index in [1.165, 1.54) is 14.2 Å². The average Bonchev–Trinajstić information content (AvgIpc) is 2.39. The Morgan fingerprint density at radius 1 is 1.31 bits per heavy atom. The van der Waals surface area contributed by atoms with E-state index in [1.54, 1.807) is 11.3 Å². The van der Waals surface area contributed by atoms with E-state index in [2.05, 4.69) is 56.6 Å². The van der Waals surface area contributed by atoms with Gasteiger partial charge in [-0.2, -0.15) is 0 Å². The molecule has 90 valence electrons. The molecule has 3 heteroatoms. The van der Waals surface area contributed by atoms with Gasteiger partial charge in [0.1, 0.15) is 0 Å². The van der Waals surface area contributed by atoms with Gasteiger partial charge in [-0.15, -0.1) is 11.3 Å². The Labute approximate surface area is 111 Å². The predicted octanol–water partition coefficient (Wildman–Crippen LogP) is 4.50. The van der Waals surface area contributed by atoms with E-state index in [-0.39, 0.29) is 6.04 Å².